The maximum Gasteiger partial charge on any atom is 0.338 e. The molecule has 3 saturated heterocycles. The van der Waals surface area contributed by atoms with Crippen molar-refractivity contribution in [3.05, 3.63) is 84.1 Å². The first-order valence-electron chi connectivity index (χ1n) is 17.4. The van der Waals surface area contributed by atoms with Crippen molar-refractivity contribution in [1.82, 2.24) is 0 Å². The van der Waals surface area contributed by atoms with E-state index >= 15 is 0 Å². The summed E-state index contributed by atoms with van der Waals surface area (Å²) in [5.41, 5.74) is -0.558. The van der Waals surface area contributed by atoms with Gasteiger partial charge in [-0.25, -0.2) is 9.59 Å². The van der Waals surface area contributed by atoms with Crippen LogP contribution in [0.3, 0.4) is 0 Å². The van der Waals surface area contributed by atoms with Gasteiger partial charge in [-0.3, -0.25) is 0 Å². The van der Waals surface area contributed by atoms with E-state index in [4.69, 9.17) is 37.9 Å². The average molecular weight is 759 g/mol. The fourth-order valence-electron chi connectivity index (χ4n) is 7.51. The quantitative estimate of drug-likeness (QED) is 0.0833. The van der Waals surface area contributed by atoms with Gasteiger partial charge in [-0.2, -0.15) is 0 Å². The molecule has 7 N–H and O–H groups in total. The second kappa shape index (κ2) is 15.6. The molecule has 1 aliphatic carbocycles. The van der Waals surface area contributed by atoms with E-state index in [-0.39, 0.29) is 11.3 Å². The van der Waals surface area contributed by atoms with E-state index < -0.39 is 122 Å². The Balaban J connectivity index is 1.14. The van der Waals surface area contributed by atoms with E-state index in [0.717, 1.165) is 6.08 Å². The van der Waals surface area contributed by atoms with Crippen LogP contribution in [0.2, 0.25) is 0 Å². The number of phenols is 1. The lowest BCUT2D eigenvalue weighted by Crippen LogP contribution is -2.61. The summed E-state index contributed by atoms with van der Waals surface area (Å²) in [6.07, 6.45) is -12.3. The number of hydrogen-bond acceptors (Lipinski definition) is 17. The lowest BCUT2D eigenvalue weighted by Gasteiger charge is -2.44. The molecular formula is C37H42O17. The number of carbonyl (C=O) groups excluding carboxylic acids is 2. The Morgan fingerprint density at radius 2 is 1.56 bits per heavy atom. The Morgan fingerprint density at radius 3 is 2.26 bits per heavy atom. The van der Waals surface area contributed by atoms with Crippen LogP contribution in [0.25, 0.3) is 6.08 Å². The molecule has 17 nitrogen and oxygen atoms in total. The van der Waals surface area contributed by atoms with Gasteiger partial charge in [0.05, 0.1) is 43.2 Å². The number of carbonyl (C=O) groups is 2. The van der Waals surface area contributed by atoms with E-state index in [9.17, 15) is 45.3 Å². The van der Waals surface area contributed by atoms with Gasteiger partial charge in [-0.05, 0) is 48.9 Å². The van der Waals surface area contributed by atoms with E-state index in [1.54, 1.807) is 36.4 Å². The van der Waals surface area contributed by atoms with Gasteiger partial charge >= 0.3 is 11.9 Å². The Bertz CT molecular complexity index is 1680. The van der Waals surface area contributed by atoms with Crippen molar-refractivity contribution in [3.8, 4) is 5.75 Å². The summed E-state index contributed by atoms with van der Waals surface area (Å²) in [6.45, 7) is 0.315. The normalized spacial score (nSPS) is 41.1. The number of rotatable bonds is 11. The Morgan fingerprint density at radius 1 is 0.815 bits per heavy atom. The van der Waals surface area contributed by atoms with Gasteiger partial charge in [0.1, 0.15) is 48.0 Å². The Kier molecular flexibility index (Phi) is 11.1. The summed E-state index contributed by atoms with van der Waals surface area (Å²) in [7, 11) is 0. The van der Waals surface area contributed by atoms with Crippen molar-refractivity contribution < 1.29 is 83.2 Å². The molecule has 5 aliphatic rings. The molecule has 0 aromatic heterocycles. The number of aliphatic hydroxyl groups is 6. The highest BCUT2D eigenvalue weighted by Gasteiger charge is 2.77. The number of aliphatic hydroxyl groups excluding tert-OH is 6. The van der Waals surface area contributed by atoms with Crippen molar-refractivity contribution in [2.75, 3.05) is 13.2 Å². The molecule has 2 aromatic rings. The third-order valence-corrected chi connectivity index (χ3v) is 10.5. The number of fused-ring (bicyclic) bond motifs is 3. The van der Waals surface area contributed by atoms with Gasteiger partial charge in [-0.1, -0.05) is 30.3 Å². The van der Waals surface area contributed by atoms with E-state index in [1.807, 2.05) is 0 Å². The Labute approximate surface area is 308 Å². The standard InChI is InChI=1S/C37H42O17/c1-17-25(42)30(50-23(41)12-9-18-7-10-20(40)11-8-18)31(51-33(46)19-5-3-2-4-6-19)36(48-17)52-29-21-13-14-47-34(24(21)37(16-39)32(29)54-37)53-35-28(45)27(44)26(43)22(15-38)49-35/h2-14,17,21-22,24-32,34-36,38-40,42-45H,15-16H2,1H3/t17-,21+,22+,24+,25-,26+,27-,28+,29-,30+,31+,32-,34-,35-,36-,37+/m0/s1. The molecule has 0 unspecified atom stereocenters. The number of hydrogen-bond donors (Lipinski definition) is 7. The van der Waals surface area contributed by atoms with Gasteiger partial charge in [0.15, 0.2) is 24.8 Å². The smallest absolute Gasteiger partial charge is 0.338 e. The van der Waals surface area contributed by atoms with Crippen molar-refractivity contribution in [2.45, 2.75) is 92.4 Å². The largest absolute Gasteiger partial charge is 0.508 e. The van der Waals surface area contributed by atoms with E-state index in [1.165, 1.54) is 43.5 Å². The maximum absolute atomic E-state index is 13.4. The van der Waals surface area contributed by atoms with Gasteiger partial charge < -0.3 is 73.6 Å². The zero-order valence-electron chi connectivity index (χ0n) is 28.8. The molecule has 0 bridgehead atoms. The third-order valence-electron chi connectivity index (χ3n) is 10.5. The number of benzene rings is 2. The third kappa shape index (κ3) is 7.25. The first-order chi connectivity index (χ1) is 25.9. The maximum atomic E-state index is 13.4. The van der Waals surface area contributed by atoms with Crippen molar-refractivity contribution >= 4 is 18.0 Å². The molecule has 17 heteroatoms. The predicted octanol–water partition coefficient (Wildman–Crippen LogP) is -0.904. The lowest BCUT2D eigenvalue weighted by atomic mass is 9.85. The minimum absolute atomic E-state index is 0.0395. The SMILES string of the molecule is C[C@@H]1O[C@@H](O[C@H]2[C@@H]3C=CO[C@@H](O[C@@H]4O[C@H](CO)[C@@H](O)[C@H](O)[C@H]4O)[C@@H]3[C@@]3(CO)O[C@@H]23)[C@H](OC(=O)c2ccccc2)[C@H](OC(=O)C=Cc2ccc(O)cc2)[C@H]1O. The second-order valence-electron chi connectivity index (χ2n) is 13.8. The summed E-state index contributed by atoms with van der Waals surface area (Å²) >= 11 is 0. The van der Waals surface area contributed by atoms with Crippen LogP contribution in [-0.4, -0.2) is 146 Å². The highest BCUT2D eigenvalue weighted by Crippen LogP contribution is 2.61. The number of ether oxygens (including phenoxy) is 8. The predicted molar refractivity (Wildman–Crippen MR) is 178 cm³/mol. The van der Waals surface area contributed by atoms with Crippen LogP contribution < -0.4 is 0 Å². The lowest BCUT2D eigenvalue weighted by molar-refractivity contribution is -0.346. The summed E-state index contributed by atoms with van der Waals surface area (Å²) in [6, 6.07) is 14.0. The van der Waals surface area contributed by atoms with Crippen LogP contribution in [0.5, 0.6) is 5.75 Å². The molecule has 16 atom stereocenters. The molecule has 4 heterocycles. The zero-order valence-corrected chi connectivity index (χ0v) is 28.8. The van der Waals surface area contributed by atoms with Crippen molar-refractivity contribution in [1.29, 1.82) is 0 Å². The number of phenolic OH excluding ortho intramolecular Hbond substituents is 1. The second-order valence-corrected chi connectivity index (χ2v) is 13.8. The van der Waals surface area contributed by atoms with Crippen LogP contribution in [0, 0.1) is 11.8 Å². The fraction of sp³-hybridized carbons (Fsp3) is 0.514. The van der Waals surface area contributed by atoms with Gasteiger partial charge in [0.2, 0.25) is 6.29 Å². The summed E-state index contributed by atoms with van der Waals surface area (Å²) in [5.74, 6) is -3.11. The summed E-state index contributed by atoms with van der Waals surface area (Å²) < 4.78 is 47.4. The Hall–Kier alpha value is -3.98. The molecule has 0 spiro atoms. The number of aromatic hydroxyl groups is 1. The molecule has 54 heavy (non-hydrogen) atoms. The first-order valence-corrected chi connectivity index (χ1v) is 17.4. The number of esters is 2. The van der Waals surface area contributed by atoms with Gasteiger partial charge in [0, 0.05) is 12.0 Å². The minimum atomic E-state index is -1.73. The molecule has 2 aromatic carbocycles. The fourth-order valence-corrected chi connectivity index (χ4v) is 7.51. The summed E-state index contributed by atoms with van der Waals surface area (Å²) in [5, 5.41) is 72.2. The van der Waals surface area contributed by atoms with Crippen LogP contribution in [0.4, 0.5) is 0 Å². The molecule has 4 aliphatic heterocycles. The van der Waals surface area contributed by atoms with E-state index in [2.05, 4.69) is 0 Å². The first kappa shape index (κ1) is 38.3. The summed E-state index contributed by atoms with van der Waals surface area (Å²) in [4.78, 5) is 26.6. The molecule has 0 radical (unpaired) electrons. The van der Waals surface area contributed by atoms with Crippen LogP contribution in [0.1, 0.15) is 22.8 Å². The van der Waals surface area contributed by atoms with Crippen molar-refractivity contribution in [3.63, 3.8) is 0 Å². The van der Waals surface area contributed by atoms with Crippen molar-refractivity contribution in [2.24, 2.45) is 11.8 Å². The van der Waals surface area contributed by atoms with Crippen LogP contribution in [-0.2, 0) is 42.7 Å². The molecule has 4 fully saturated rings. The number of epoxide rings is 1. The molecule has 7 rings (SSSR count). The van der Waals surface area contributed by atoms with Crippen LogP contribution in [0.15, 0.2) is 73.0 Å². The average Bonchev–Trinajstić information content (AvgIpc) is 3.85. The van der Waals surface area contributed by atoms with E-state index in [0.29, 0.717) is 5.56 Å². The monoisotopic (exact) mass is 758 g/mol. The topological polar surface area (TPSA) is 253 Å². The van der Waals surface area contributed by atoms with Crippen LogP contribution >= 0.6 is 0 Å². The molecule has 1 saturated carbocycles. The van der Waals surface area contributed by atoms with Gasteiger partial charge in [0.25, 0.3) is 0 Å². The molecular weight excluding hydrogens is 716 g/mol. The molecule has 0 amide bonds. The highest BCUT2D eigenvalue weighted by molar-refractivity contribution is 5.89. The highest BCUT2D eigenvalue weighted by atomic mass is 16.8. The van der Waals surface area contributed by atoms with Gasteiger partial charge in [-0.15, -0.1) is 0 Å². The zero-order chi connectivity index (χ0) is 38.3. The minimum Gasteiger partial charge on any atom is -0.508 e. The molecule has 292 valence electrons.